The summed E-state index contributed by atoms with van der Waals surface area (Å²) in [6.45, 7) is 5.14. The van der Waals surface area contributed by atoms with Crippen LogP contribution in [0.2, 0.25) is 0 Å². The molecular formula is C38H49F2N5O3. The van der Waals surface area contributed by atoms with E-state index in [4.69, 9.17) is 5.73 Å². The first kappa shape index (κ1) is 36.7. The summed E-state index contributed by atoms with van der Waals surface area (Å²) in [6, 6.07) is 15.6. The number of amides is 3. The van der Waals surface area contributed by atoms with Crippen molar-refractivity contribution in [3.8, 4) is 0 Å². The predicted octanol–water partition coefficient (Wildman–Crippen LogP) is 4.84. The zero-order valence-corrected chi connectivity index (χ0v) is 28.7. The minimum absolute atomic E-state index is 0.0412. The number of likely N-dealkylation sites (N-methyl/N-ethyl adjacent to an activating group) is 2. The van der Waals surface area contributed by atoms with Gasteiger partial charge in [-0.05, 0) is 93.2 Å². The van der Waals surface area contributed by atoms with Gasteiger partial charge in [0, 0.05) is 45.1 Å². The lowest BCUT2D eigenvalue weighted by Gasteiger charge is -2.34. The number of hydrogen-bond acceptors (Lipinski definition) is 5. The lowest BCUT2D eigenvalue weighted by atomic mass is 9.98. The van der Waals surface area contributed by atoms with Crippen LogP contribution in [0.1, 0.15) is 50.7 Å². The Morgan fingerprint density at radius 1 is 0.958 bits per heavy atom. The number of likely N-dealkylation sites (tertiary alicyclic amines) is 1. The Morgan fingerprint density at radius 3 is 2.29 bits per heavy atom. The maximum Gasteiger partial charge on any atom is 0.246 e. The highest BCUT2D eigenvalue weighted by Crippen LogP contribution is 2.21. The van der Waals surface area contributed by atoms with Gasteiger partial charge in [0.05, 0.1) is 0 Å². The van der Waals surface area contributed by atoms with Crippen molar-refractivity contribution >= 4 is 28.5 Å². The molecule has 1 saturated heterocycles. The lowest BCUT2D eigenvalue weighted by molar-refractivity contribution is -0.146. The summed E-state index contributed by atoms with van der Waals surface area (Å²) >= 11 is 0. The minimum Gasteiger partial charge on any atom is -0.354 e. The summed E-state index contributed by atoms with van der Waals surface area (Å²) in [5, 5.41) is 5.03. The van der Waals surface area contributed by atoms with Crippen molar-refractivity contribution in [2.24, 2.45) is 5.73 Å². The van der Waals surface area contributed by atoms with Crippen LogP contribution in [0.15, 0.2) is 72.8 Å². The van der Waals surface area contributed by atoms with E-state index in [-0.39, 0.29) is 18.7 Å². The molecule has 3 aromatic carbocycles. The van der Waals surface area contributed by atoms with E-state index < -0.39 is 41.1 Å². The smallest absolute Gasteiger partial charge is 0.246 e. The van der Waals surface area contributed by atoms with Gasteiger partial charge in [0.2, 0.25) is 17.7 Å². The number of halogens is 2. The fourth-order valence-electron chi connectivity index (χ4n) is 6.22. The summed E-state index contributed by atoms with van der Waals surface area (Å²) < 4.78 is 28.0. The van der Waals surface area contributed by atoms with Crippen molar-refractivity contribution < 1.29 is 23.2 Å². The van der Waals surface area contributed by atoms with E-state index in [0.29, 0.717) is 24.6 Å². The molecule has 258 valence electrons. The Bertz CT molecular complexity index is 1620. The molecule has 3 aromatic rings. The van der Waals surface area contributed by atoms with Gasteiger partial charge in [-0.1, -0.05) is 54.6 Å². The topological polar surface area (TPSA) is 99.0 Å². The molecule has 0 radical (unpaired) electrons. The van der Waals surface area contributed by atoms with Crippen LogP contribution in [-0.2, 0) is 27.2 Å². The Kier molecular flexibility index (Phi) is 12.5. The second-order valence-electron chi connectivity index (χ2n) is 13.7. The third kappa shape index (κ3) is 9.93. The van der Waals surface area contributed by atoms with Gasteiger partial charge in [0.15, 0.2) is 11.6 Å². The fraction of sp³-hybridized carbons (Fsp3) is 0.447. The van der Waals surface area contributed by atoms with Crippen molar-refractivity contribution in [3.05, 3.63) is 95.6 Å². The van der Waals surface area contributed by atoms with Crippen LogP contribution >= 0.6 is 0 Å². The van der Waals surface area contributed by atoms with Crippen LogP contribution in [0.5, 0.6) is 0 Å². The average molecular weight is 662 g/mol. The molecule has 1 fully saturated rings. The maximum absolute atomic E-state index is 14.4. The van der Waals surface area contributed by atoms with Gasteiger partial charge in [-0.25, -0.2) is 8.78 Å². The first-order chi connectivity index (χ1) is 22.7. The summed E-state index contributed by atoms with van der Waals surface area (Å²) in [4.78, 5) is 46.6. The molecule has 0 saturated carbocycles. The molecule has 1 aliphatic rings. The van der Waals surface area contributed by atoms with E-state index in [0.717, 1.165) is 54.3 Å². The van der Waals surface area contributed by atoms with E-state index in [9.17, 15) is 23.2 Å². The Hall–Kier alpha value is -4.15. The first-order valence-electron chi connectivity index (χ1n) is 16.6. The van der Waals surface area contributed by atoms with Crippen molar-refractivity contribution in [3.63, 3.8) is 0 Å². The minimum atomic E-state index is -1.04. The van der Waals surface area contributed by atoms with Crippen LogP contribution in [0.4, 0.5) is 8.78 Å². The zero-order valence-electron chi connectivity index (χ0n) is 28.7. The molecule has 0 aliphatic carbocycles. The van der Waals surface area contributed by atoms with Gasteiger partial charge in [0.25, 0.3) is 0 Å². The SMILES string of the molecule is CN1CCCC1CCNC(=O)[C@@H](Cc1ccc(F)c(F)c1)N(C)C(=O)[C@@H](Cc1ccc2ccccc2c1)N(C)C(=O)/C=C/CC(C)(C)N. The molecule has 1 unspecified atom stereocenters. The molecule has 0 bridgehead atoms. The summed E-state index contributed by atoms with van der Waals surface area (Å²) in [5.41, 5.74) is 6.79. The highest BCUT2D eigenvalue weighted by atomic mass is 19.2. The quantitative estimate of drug-likeness (QED) is 0.241. The Labute approximate surface area is 282 Å². The van der Waals surface area contributed by atoms with E-state index in [2.05, 4.69) is 17.3 Å². The van der Waals surface area contributed by atoms with E-state index in [1.165, 1.54) is 29.0 Å². The molecule has 3 amide bonds. The van der Waals surface area contributed by atoms with Crippen molar-refractivity contribution in [2.75, 3.05) is 34.2 Å². The van der Waals surface area contributed by atoms with Gasteiger partial charge < -0.3 is 25.8 Å². The Morgan fingerprint density at radius 2 is 1.62 bits per heavy atom. The number of carbonyl (C=O) groups excluding carboxylic acids is 3. The lowest BCUT2D eigenvalue weighted by Crippen LogP contribution is -2.56. The van der Waals surface area contributed by atoms with Gasteiger partial charge in [-0.3, -0.25) is 14.4 Å². The second kappa shape index (κ2) is 16.3. The fourth-order valence-corrected chi connectivity index (χ4v) is 6.22. The molecular weight excluding hydrogens is 612 g/mol. The number of nitrogens with zero attached hydrogens (tertiary/aromatic N) is 3. The number of hydrogen-bond donors (Lipinski definition) is 2. The normalized spacial score (nSPS) is 16.6. The van der Waals surface area contributed by atoms with Gasteiger partial charge in [0.1, 0.15) is 12.1 Å². The average Bonchev–Trinajstić information content (AvgIpc) is 3.46. The number of fused-ring (bicyclic) bond motifs is 1. The molecule has 8 nitrogen and oxygen atoms in total. The molecule has 3 N–H and O–H groups in total. The molecule has 1 aliphatic heterocycles. The highest BCUT2D eigenvalue weighted by Gasteiger charge is 2.35. The number of rotatable bonds is 14. The highest BCUT2D eigenvalue weighted by molar-refractivity contribution is 5.95. The predicted molar refractivity (Wildman–Crippen MR) is 186 cm³/mol. The third-order valence-electron chi connectivity index (χ3n) is 9.23. The number of carbonyl (C=O) groups is 3. The molecule has 3 atom stereocenters. The maximum atomic E-state index is 14.4. The van der Waals surface area contributed by atoms with E-state index >= 15 is 0 Å². The van der Waals surface area contributed by atoms with Crippen molar-refractivity contribution in [1.82, 2.24) is 20.0 Å². The van der Waals surface area contributed by atoms with Crippen molar-refractivity contribution in [1.29, 1.82) is 0 Å². The molecule has 10 heteroatoms. The van der Waals surface area contributed by atoms with Crippen LogP contribution < -0.4 is 11.1 Å². The monoisotopic (exact) mass is 661 g/mol. The number of nitrogens with one attached hydrogen (secondary N) is 1. The number of nitrogens with two attached hydrogens (primary N) is 1. The van der Waals surface area contributed by atoms with Crippen LogP contribution in [-0.4, -0.2) is 90.3 Å². The van der Waals surface area contributed by atoms with Gasteiger partial charge in [-0.2, -0.15) is 0 Å². The summed E-state index contributed by atoms with van der Waals surface area (Å²) in [6.07, 6.45) is 6.64. The van der Waals surface area contributed by atoms with Crippen LogP contribution in [0.25, 0.3) is 10.8 Å². The standard InChI is InChI=1S/C38H49F2N5O3/c1-38(2,41)19-8-13-35(46)44(4)34(25-26-14-16-28-10-6-7-11-29(28)22-26)37(48)45(5)33(24-27-15-17-31(39)32(40)23-27)36(47)42-20-18-30-12-9-21-43(30)3/h6-8,10-11,13-17,22-23,30,33-34H,9,12,18-21,24-25,41H2,1-5H3,(H,42,47)/b13-8+/t30?,33-,34-/m1/s1. The summed E-state index contributed by atoms with van der Waals surface area (Å²) in [5.74, 6) is -3.26. The summed E-state index contributed by atoms with van der Waals surface area (Å²) in [7, 11) is 5.16. The van der Waals surface area contributed by atoms with Gasteiger partial charge in [-0.15, -0.1) is 0 Å². The van der Waals surface area contributed by atoms with Crippen molar-refractivity contribution in [2.45, 2.75) is 76.0 Å². The molecule has 1 heterocycles. The first-order valence-corrected chi connectivity index (χ1v) is 16.6. The molecule has 0 spiro atoms. The van der Waals surface area contributed by atoms with E-state index in [1.54, 1.807) is 13.1 Å². The van der Waals surface area contributed by atoms with Gasteiger partial charge >= 0.3 is 0 Å². The number of benzene rings is 3. The molecule has 0 aromatic heterocycles. The zero-order chi connectivity index (χ0) is 35.0. The van der Waals surface area contributed by atoms with Crippen LogP contribution in [0, 0.1) is 11.6 Å². The van der Waals surface area contributed by atoms with Crippen LogP contribution in [0.3, 0.4) is 0 Å². The third-order valence-corrected chi connectivity index (χ3v) is 9.23. The molecule has 4 rings (SSSR count). The second-order valence-corrected chi connectivity index (χ2v) is 13.7. The van der Waals surface area contributed by atoms with E-state index in [1.807, 2.05) is 56.3 Å². The largest absolute Gasteiger partial charge is 0.354 e. The Balaban J connectivity index is 1.62. The molecule has 48 heavy (non-hydrogen) atoms.